The van der Waals surface area contributed by atoms with Crippen molar-refractivity contribution in [3.05, 3.63) is 33.8 Å². The molecule has 0 unspecified atom stereocenters. The maximum absolute atomic E-state index is 10.9. The van der Waals surface area contributed by atoms with Crippen LogP contribution in [0.2, 0.25) is 10.0 Å². The first kappa shape index (κ1) is 16.3. The largest absolute Gasteiger partial charge is 0.480 e. The van der Waals surface area contributed by atoms with Crippen molar-refractivity contribution in [2.75, 3.05) is 13.1 Å². The van der Waals surface area contributed by atoms with E-state index in [-0.39, 0.29) is 6.54 Å². The Hall–Kier alpha value is -0.770. The van der Waals surface area contributed by atoms with Crippen LogP contribution in [-0.4, -0.2) is 29.1 Å². The van der Waals surface area contributed by atoms with Gasteiger partial charge < -0.3 is 5.11 Å². The van der Waals surface area contributed by atoms with Crippen LogP contribution in [0.5, 0.6) is 0 Å². The standard InChI is InChI=1S/C14H19Cl2NO2/c1-10(2)5-6-17(9-14(18)19)8-11-3-4-12(15)13(16)7-11/h3-4,7,10H,5-6,8-9H2,1-2H3,(H,18,19). The van der Waals surface area contributed by atoms with Crippen LogP contribution in [0.4, 0.5) is 0 Å². The minimum Gasteiger partial charge on any atom is -0.480 e. The van der Waals surface area contributed by atoms with Gasteiger partial charge in [0.05, 0.1) is 16.6 Å². The van der Waals surface area contributed by atoms with E-state index in [9.17, 15) is 4.79 Å². The molecule has 0 atom stereocenters. The molecule has 0 bridgehead atoms. The first-order valence-electron chi connectivity index (χ1n) is 6.26. The highest BCUT2D eigenvalue weighted by molar-refractivity contribution is 6.42. The summed E-state index contributed by atoms with van der Waals surface area (Å²) in [5, 5.41) is 9.95. The number of carbonyl (C=O) groups is 1. The van der Waals surface area contributed by atoms with Gasteiger partial charge >= 0.3 is 5.97 Å². The quantitative estimate of drug-likeness (QED) is 0.830. The molecule has 0 fully saturated rings. The van der Waals surface area contributed by atoms with Gasteiger partial charge in [-0.05, 0) is 36.6 Å². The Morgan fingerprint density at radius 3 is 2.53 bits per heavy atom. The summed E-state index contributed by atoms with van der Waals surface area (Å²) in [6, 6.07) is 5.40. The zero-order valence-corrected chi connectivity index (χ0v) is 12.7. The topological polar surface area (TPSA) is 40.5 Å². The summed E-state index contributed by atoms with van der Waals surface area (Å²) in [4.78, 5) is 12.8. The number of aliphatic carboxylic acids is 1. The number of hydrogen-bond donors (Lipinski definition) is 1. The summed E-state index contributed by atoms with van der Waals surface area (Å²) in [5.74, 6) is -0.270. The molecule has 106 valence electrons. The summed E-state index contributed by atoms with van der Waals surface area (Å²) in [6.07, 6.45) is 0.967. The molecule has 0 amide bonds. The van der Waals surface area contributed by atoms with Crippen LogP contribution in [-0.2, 0) is 11.3 Å². The molecule has 1 rings (SSSR count). The third-order valence-corrected chi connectivity index (χ3v) is 3.51. The van der Waals surface area contributed by atoms with Crippen molar-refractivity contribution in [2.45, 2.75) is 26.8 Å². The van der Waals surface area contributed by atoms with Crippen LogP contribution in [0.1, 0.15) is 25.8 Å². The molecule has 19 heavy (non-hydrogen) atoms. The monoisotopic (exact) mass is 303 g/mol. The number of nitrogens with zero attached hydrogens (tertiary/aromatic N) is 1. The van der Waals surface area contributed by atoms with Crippen LogP contribution in [0.25, 0.3) is 0 Å². The minimum absolute atomic E-state index is 0.0347. The van der Waals surface area contributed by atoms with E-state index in [2.05, 4.69) is 13.8 Å². The van der Waals surface area contributed by atoms with Crippen molar-refractivity contribution in [1.82, 2.24) is 4.90 Å². The van der Waals surface area contributed by atoms with Gasteiger partial charge in [0.2, 0.25) is 0 Å². The smallest absolute Gasteiger partial charge is 0.317 e. The number of benzene rings is 1. The molecule has 1 N–H and O–H groups in total. The second kappa shape index (κ2) is 7.73. The van der Waals surface area contributed by atoms with Crippen molar-refractivity contribution in [1.29, 1.82) is 0 Å². The maximum Gasteiger partial charge on any atom is 0.317 e. The van der Waals surface area contributed by atoms with Crippen molar-refractivity contribution >= 4 is 29.2 Å². The lowest BCUT2D eigenvalue weighted by atomic mass is 10.1. The van der Waals surface area contributed by atoms with Gasteiger partial charge in [0, 0.05) is 6.54 Å². The Kier molecular flexibility index (Phi) is 6.63. The Labute approximate surface area is 124 Å². The van der Waals surface area contributed by atoms with E-state index in [1.54, 1.807) is 12.1 Å². The van der Waals surface area contributed by atoms with Gasteiger partial charge in [-0.25, -0.2) is 0 Å². The number of halogens is 2. The molecule has 0 saturated carbocycles. The van der Waals surface area contributed by atoms with Gasteiger partial charge in [-0.3, -0.25) is 9.69 Å². The van der Waals surface area contributed by atoms with E-state index >= 15 is 0 Å². The molecular weight excluding hydrogens is 285 g/mol. The molecule has 1 aromatic rings. The fourth-order valence-electron chi connectivity index (χ4n) is 1.74. The van der Waals surface area contributed by atoms with Crippen LogP contribution in [0, 0.1) is 5.92 Å². The molecule has 0 aliphatic carbocycles. The first-order valence-corrected chi connectivity index (χ1v) is 7.02. The molecule has 0 radical (unpaired) electrons. The highest BCUT2D eigenvalue weighted by Crippen LogP contribution is 2.23. The van der Waals surface area contributed by atoms with Gasteiger partial charge in [-0.2, -0.15) is 0 Å². The molecule has 0 spiro atoms. The number of carboxylic acids is 1. The van der Waals surface area contributed by atoms with Crippen molar-refractivity contribution in [2.24, 2.45) is 5.92 Å². The summed E-state index contributed by atoms with van der Waals surface area (Å²) in [6.45, 7) is 5.60. The van der Waals surface area contributed by atoms with Gasteiger partial charge in [0.25, 0.3) is 0 Å². The molecule has 3 nitrogen and oxygen atoms in total. The second-order valence-electron chi connectivity index (χ2n) is 5.04. The summed E-state index contributed by atoms with van der Waals surface area (Å²) in [5.41, 5.74) is 0.972. The zero-order chi connectivity index (χ0) is 14.4. The van der Waals surface area contributed by atoms with Crippen LogP contribution in [0.15, 0.2) is 18.2 Å². The van der Waals surface area contributed by atoms with Crippen molar-refractivity contribution in [3.63, 3.8) is 0 Å². The lowest BCUT2D eigenvalue weighted by molar-refractivity contribution is -0.138. The summed E-state index contributed by atoms with van der Waals surface area (Å²) in [7, 11) is 0. The van der Waals surface area contributed by atoms with E-state index in [0.29, 0.717) is 22.5 Å². The molecule has 0 aliphatic heterocycles. The predicted octanol–water partition coefficient (Wildman–Crippen LogP) is 3.93. The molecule has 0 aliphatic rings. The second-order valence-corrected chi connectivity index (χ2v) is 5.85. The van der Waals surface area contributed by atoms with Crippen LogP contribution in [0.3, 0.4) is 0 Å². The normalized spacial score (nSPS) is 11.3. The van der Waals surface area contributed by atoms with Crippen molar-refractivity contribution < 1.29 is 9.90 Å². The van der Waals surface area contributed by atoms with E-state index in [4.69, 9.17) is 28.3 Å². The van der Waals surface area contributed by atoms with Gasteiger partial charge in [0.15, 0.2) is 0 Å². The average Bonchev–Trinajstić information content (AvgIpc) is 2.30. The third kappa shape index (κ3) is 6.28. The predicted molar refractivity (Wildman–Crippen MR) is 78.8 cm³/mol. The number of hydrogen-bond acceptors (Lipinski definition) is 2. The van der Waals surface area contributed by atoms with E-state index in [1.165, 1.54) is 0 Å². The minimum atomic E-state index is -0.816. The lowest BCUT2D eigenvalue weighted by Crippen LogP contribution is -2.30. The fraction of sp³-hybridized carbons (Fsp3) is 0.500. The van der Waals surface area contributed by atoms with Gasteiger partial charge in [0.1, 0.15) is 0 Å². The Balaban J connectivity index is 2.69. The third-order valence-electron chi connectivity index (χ3n) is 2.77. The lowest BCUT2D eigenvalue weighted by Gasteiger charge is -2.21. The molecular formula is C14H19Cl2NO2. The molecule has 1 aromatic carbocycles. The summed E-state index contributed by atoms with van der Waals surface area (Å²) < 4.78 is 0. The molecule has 0 heterocycles. The van der Waals surface area contributed by atoms with Gasteiger partial charge in [-0.1, -0.05) is 43.1 Å². The highest BCUT2D eigenvalue weighted by Gasteiger charge is 2.11. The molecule has 0 aromatic heterocycles. The van der Waals surface area contributed by atoms with Gasteiger partial charge in [-0.15, -0.1) is 0 Å². The SMILES string of the molecule is CC(C)CCN(CC(=O)O)Cc1ccc(Cl)c(Cl)c1. The van der Waals surface area contributed by atoms with E-state index < -0.39 is 5.97 Å². The van der Waals surface area contributed by atoms with Crippen molar-refractivity contribution in [3.8, 4) is 0 Å². The Morgan fingerprint density at radius 2 is 2.00 bits per heavy atom. The number of rotatable bonds is 7. The highest BCUT2D eigenvalue weighted by atomic mass is 35.5. The summed E-state index contributed by atoms with van der Waals surface area (Å²) >= 11 is 11.8. The molecule has 0 saturated heterocycles. The maximum atomic E-state index is 10.9. The Bertz CT molecular complexity index is 435. The zero-order valence-electron chi connectivity index (χ0n) is 11.2. The Morgan fingerprint density at radius 1 is 1.32 bits per heavy atom. The van der Waals surface area contributed by atoms with E-state index in [1.807, 2.05) is 11.0 Å². The average molecular weight is 304 g/mol. The van der Waals surface area contributed by atoms with E-state index in [0.717, 1.165) is 18.5 Å². The van der Waals surface area contributed by atoms with Crippen LogP contribution >= 0.6 is 23.2 Å². The number of carboxylic acid groups (broad SMARTS) is 1. The first-order chi connectivity index (χ1) is 8.88. The molecule has 5 heteroatoms. The van der Waals surface area contributed by atoms with Crippen LogP contribution < -0.4 is 0 Å². The fourth-order valence-corrected chi connectivity index (χ4v) is 2.06.